The van der Waals surface area contributed by atoms with E-state index < -0.39 is 12.0 Å². The van der Waals surface area contributed by atoms with Crippen LogP contribution in [0.25, 0.3) is 6.08 Å². The molecule has 0 saturated heterocycles. The summed E-state index contributed by atoms with van der Waals surface area (Å²) in [5, 5.41) is 9.87. The van der Waals surface area contributed by atoms with Gasteiger partial charge in [0.2, 0.25) is 6.79 Å². The van der Waals surface area contributed by atoms with Gasteiger partial charge in [0, 0.05) is 0 Å². The summed E-state index contributed by atoms with van der Waals surface area (Å²) in [6.07, 6.45) is 3.77. The summed E-state index contributed by atoms with van der Waals surface area (Å²) in [5.74, 6) is 0.556. The second-order valence-corrected chi connectivity index (χ2v) is 4.27. The van der Waals surface area contributed by atoms with Gasteiger partial charge in [-0.1, -0.05) is 18.7 Å². The van der Waals surface area contributed by atoms with E-state index >= 15 is 0 Å². The Bertz CT molecular complexity index is 559. The molecule has 18 heavy (non-hydrogen) atoms. The number of ether oxygens (including phenoxy) is 2. The fourth-order valence-corrected chi connectivity index (χ4v) is 2.33. The number of rotatable bonds is 2. The Morgan fingerprint density at radius 2 is 2.06 bits per heavy atom. The van der Waals surface area contributed by atoms with E-state index in [1.807, 2.05) is 0 Å². The maximum absolute atomic E-state index is 11.8. The number of carbonyl (C=O) groups excluding carboxylic acids is 1. The normalized spacial score (nSPS) is 24.6. The van der Waals surface area contributed by atoms with Crippen molar-refractivity contribution in [2.45, 2.75) is 12.0 Å². The fraction of sp³-hybridized carbons (Fsp3) is 0.214. The number of hydrogen-bond acceptors (Lipinski definition) is 4. The van der Waals surface area contributed by atoms with Gasteiger partial charge < -0.3 is 14.6 Å². The lowest BCUT2D eigenvalue weighted by molar-refractivity contribution is -0.116. The van der Waals surface area contributed by atoms with Crippen LogP contribution in [0.15, 0.2) is 30.9 Å². The topological polar surface area (TPSA) is 55.8 Å². The van der Waals surface area contributed by atoms with E-state index in [0.717, 1.165) is 11.1 Å². The number of fused-ring (bicyclic) bond motifs is 1. The Morgan fingerprint density at radius 1 is 1.33 bits per heavy atom. The molecule has 4 heteroatoms. The molecule has 1 heterocycles. The molecule has 2 aliphatic rings. The Balaban J connectivity index is 2.11. The van der Waals surface area contributed by atoms with Crippen molar-refractivity contribution in [2.24, 2.45) is 0 Å². The molecule has 0 unspecified atom stereocenters. The molecule has 2 atom stereocenters. The highest BCUT2D eigenvalue weighted by molar-refractivity contribution is 5.99. The molecule has 1 aliphatic carbocycles. The van der Waals surface area contributed by atoms with Crippen LogP contribution in [0.5, 0.6) is 11.5 Å². The monoisotopic (exact) mass is 244 g/mol. The van der Waals surface area contributed by atoms with E-state index in [1.165, 1.54) is 12.2 Å². The quantitative estimate of drug-likeness (QED) is 0.859. The van der Waals surface area contributed by atoms with Gasteiger partial charge in [0.05, 0.1) is 12.0 Å². The average Bonchev–Trinajstić information content (AvgIpc) is 2.94. The minimum absolute atomic E-state index is 0.107. The lowest BCUT2D eigenvalue weighted by Crippen LogP contribution is -2.18. The first-order chi connectivity index (χ1) is 8.70. The minimum atomic E-state index is -0.795. The summed E-state index contributed by atoms with van der Waals surface area (Å²) >= 11 is 0. The number of benzene rings is 1. The van der Waals surface area contributed by atoms with Gasteiger partial charge in [0.15, 0.2) is 17.3 Å². The zero-order valence-corrected chi connectivity index (χ0v) is 9.63. The van der Waals surface area contributed by atoms with Crippen molar-refractivity contribution in [3.8, 4) is 11.5 Å². The van der Waals surface area contributed by atoms with Crippen LogP contribution in [0.3, 0.4) is 0 Å². The molecule has 0 amide bonds. The smallest absolute Gasteiger partial charge is 0.231 e. The molecule has 92 valence electrons. The summed E-state index contributed by atoms with van der Waals surface area (Å²) in [6, 6.07) is 3.53. The predicted molar refractivity (Wildman–Crippen MR) is 65.6 cm³/mol. The molecule has 1 aromatic rings. The molecule has 1 N–H and O–H groups in total. The first kappa shape index (κ1) is 11.0. The van der Waals surface area contributed by atoms with E-state index in [4.69, 9.17) is 9.47 Å². The number of allylic oxidation sites excluding steroid dienone is 1. The summed E-state index contributed by atoms with van der Waals surface area (Å²) in [6.45, 7) is 3.90. The van der Waals surface area contributed by atoms with Crippen LogP contribution in [0.2, 0.25) is 0 Å². The lowest BCUT2D eigenvalue weighted by Gasteiger charge is -2.17. The van der Waals surface area contributed by atoms with Crippen molar-refractivity contribution >= 4 is 11.9 Å². The molecule has 3 rings (SSSR count). The molecule has 0 fully saturated rings. The summed E-state index contributed by atoms with van der Waals surface area (Å²) < 4.78 is 10.6. The van der Waals surface area contributed by atoms with Crippen molar-refractivity contribution in [1.82, 2.24) is 0 Å². The summed E-state index contributed by atoms with van der Waals surface area (Å²) in [4.78, 5) is 11.8. The van der Waals surface area contributed by atoms with Crippen molar-refractivity contribution in [3.63, 3.8) is 0 Å². The molecule has 0 radical (unpaired) electrons. The third-order valence-corrected chi connectivity index (χ3v) is 3.24. The first-order valence-corrected chi connectivity index (χ1v) is 5.67. The van der Waals surface area contributed by atoms with Crippen molar-refractivity contribution in [1.29, 1.82) is 0 Å². The van der Waals surface area contributed by atoms with Crippen LogP contribution >= 0.6 is 0 Å². The second kappa shape index (κ2) is 3.99. The Morgan fingerprint density at radius 3 is 2.67 bits per heavy atom. The number of carbonyl (C=O) groups is 1. The summed E-state index contributed by atoms with van der Waals surface area (Å²) in [7, 11) is 0. The number of aliphatic hydroxyl groups excluding tert-OH is 1. The van der Waals surface area contributed by atoms with Gasteiger partial charge >= 0.3 is 0 Å². The van der Waals surface area contributed by atoms with Crippen molar-refractivity contribution in [2.75, 3.05) is 6.79 Å². The molecule has 0 aromatic heterocycles. The van der Waals surface area contributed by atoms with E-state index in [2.05, 4.69) is 6.58 Å². The van der Waals surface area contributed by atoms with Crippen LogP contribution in [-0.2, 0) is 4.79 Å². The third-order valence-electron chi connectivity index (χ3n) is 3.24. The maximum atomic E-state index is 11.8. The van der Waals surface area contributed by atoms with Gasteiger partial charge in [-0.15, -0.1) is 0 Å². The Labute approximate surface area is 104 Å². The van der Waals surface area contributed by atoms with Gasteiger partial charge in [0.25, 0.3) is 0 Å². The van der Waals surface area contributed by atoms with Crippen molar-refractivity contribution in [3.05, 3.63) is 42.0 Å². The molecule has 0 bridgehead atoms. The van der Waals surface area contributed by atoms with Crippen LogP contribution < -0.4 is 9.47 Å². The molecular weight excluding hydrogens is 232 g/mol. The standard InChI is InChI=1S/C14H12O4/c1-2-8-5-12-13(18-7-17-12)6-9(8)14-10(15)3-4-11(14)16/h2-6,10,14-15H,1,7H2/t10-,14+/m1/s1. The molecule has 1 aromatic carbocycles. The average molecular weight is 244 g/mol. The van der Waals surface area contributed by atoms with Gasteiger partial charge in [0.1, 0.15) is 0 Å². The Kier molecular flexibility index (Phi) is 2.45. The number of hydrogen-bond donors (Lipinski definition) is 1. The fourth-order valence-electron chi connectivity index (χ4n) is 2.33. The third kappa shape index (κ3) is 1.54. The van der Waals surface area contributed by atoms with Gasteiger partial charge in [-0.2, -0.15) is 0 Å². The van der Waals surface area contributed by atoms with Crippen LogP contribution in [0.4, 0.5) is 0 Å². The van der Waals surface area contributed by atoms with Crippen LogP contribution in [0.1, 0.15) is 17.0 Å². The zero-order valence-electron chi connectivity index (χ0n) is 9.63. The van der Waals surface area contributed by atoms with Gasteiger partial charge in [-0.3, -0.25) is 4.79 Å². The van der Waals surface area contributed by atoms with E-state index in [0.29, 0.717) is 11.5 Å². The maximum Gasteiger partial charge on any atom is 0.231 e. The largest absolute Gasteiger partial charge is 0.454 e. The van der Waals surface area contributed by atoms with E-state index in [1.54, 1.807) is 18.2 Å². The second-order valence-electron chi connectivity index (χ2n) is 4.27. The molecule has 0 saturated carbocycles. The van der Waals surface area contributed by atoms with E-state index in [-0.39, 0.29) is 12.6 Å². The number of ketones is 1. The summed E-state index contributed by atoms with van der Waals surface area (Å²) in [5.41, 5.74) is 1.50. The first-order valence-electron chi connectivity index (χ1n) is 5.67. The highest BCUT2D eigenvalue weighted by Crippen LogP contribution is 2.40. The van der Waals surface area contributed by atoms with Crippen molar-refractivity contribution < 1.29 is 19.4 Å². The SMILES string of the molecule is C=Cc1cc2c(cc1[C@@H]1C(=O)C=C[C@H]1O)OCO2. The molecule has 4 nitrogen and oxygen atoms in total. The zero-order chi connectivity index (χ0) is 12.7. The van der Waals surface area contributed by atoms with Crippen LogP contribution in [0, 0.1) is 0 Å². The predicted octanol–water partition coefficient (Wildman–Crippen LogP) is 1.64. The van der Waals surface area contributed by atoms with Gasteiger partial charge in [-0.05, 0) is 29.3 Å². The number of aliphatic hydroxyl groups is 1. The lowest BCUT2D eigenvalue weighted by atomic mass is 9.89. The molecule has 0 spiro atoms. The molecular formula is C14H12O4. The van der Waals surface area contributed by atoms with Gasteiger partial charge in [-0.25, -0.2) is 0 Å². The minimum Gasteiger partial charge on any atom is -0.454 e. The van der Waals surface area contributed by atoms with E-state index in [9.17, 15) is 9.90 Å². The molecule has 1 aliphatic heterocycles. The Hall–Kier alpha value is -2.07. The van der Waals surface area contributed by atoms with Crippen LogP contribution in [-0.4, -0.2) is 23.8 Å². The highest BCUT2D eigenvalue weighted by atomic mass is 16.7. The highest BCUT2D eigenvalue weighted by Gasteiger charge is 2.33.